The molecule has 4 nitrogen and oxygen atoms in total. The Balaban J connectivity index is 1.55. The van der Waals surface area contributed by atoms with E-state index in [1.54, 1.807) is 4.90 Å². The third kappa shape index (κ3) is 3.15. The molecule has 1 N–H and O–H groups in total. The smallest absolute Gasteiger partial charge is 0.247 e. The molecule has 0 aromatic rings. The Morgan fingerprint density at radius 2 is 1.71 bits per heavy atom. The zero-order valence-corrected chi connectivity index (χ0v) is 13.1. The summed E-state index contributed by atoms with van der Waals surface area (Å²) >= 11 is 0. The zero-order chi connectivity index (χ0) is 14.8. The van der Waals surface area contributed by atoms with Crippen molar-refractivity contribution in [2.24, 2.45) is 5.92 Å². The molecule has 0 radical (unpaired) electrons. The molecule has 0 aromatic carbocycles. The topological polar surface area (TPSA) is 49.4 Å². The van der Waals surface area contributed by atoms with Crippen LogP contribution >= 0.6 is 0 Å². The minimum Gasteiger partial charge on any atom is -0.303 e. The average Bonchev–Trinajstić information content (AvgIpc) is 3.09. The summed E-state index contributed by atoms with van der Waals surface area (Å²) in [5.41, 5.74) is 0. The van der Waals surface area contributed by atoms with Crippen molar-refractivity contribution in [3.8, 4) is 0 Å². The quantitative estimate of drug-likeness (QED) is 0.810. The molecule has 4 heteroatoms. The van der Waals surface area contributed by atoms with E-state index in [9.17, 15) is 9.59 Å². The van der Waals surface area contributed by atoms with E-state index >= 15 is 0 Å². The van der Waals surface area contributed by atoms with Gasteiger partial charge < -0.3 is 5.32 Å². The van der Waals surface area contributed by atoms with Crippen LogP contribution in [-0.4, -0.2) is 34.8 Å². The van der Waals surface area contributed by atoms with Gasteiger partial charge in [-0.1, -0.05) is 26.2 Å². The maximum Gasteiger partial charge on any atom is 0.247 e. The summed E-state index contributed by atoms with van der Waals surface area (Å²) < 4.78 is 0. The molecule has 2 aliphatic carbocycles. The molecular formula is C17H28N2O2. The van der Waals surface area contributed by atoms with Crippen LogP contribution in [0, 0.1) is 5.92 Å². The summed E-state index contributed by atoms with van der Waals surface area (Å²) in [6.07, 6.45) is 10.8. The van der Waals surface area contributed by atoms with Gasteiger partial charge in [0.1, 0.15) is 0 Å². The first-order chi connectivity index (χ1) is 10.2. The number of likely N-dealkylation sites (tertiary alicyclic amines) is 1. The lowest BCUT2D eigenvalue weighted by Crippen LogP contribution is -2.46. The van der Waals surface area contributed by atoms with Gasteiger partial charge >= 0.3 is 0 Å². The minimum atomic E-state index is -0.249. The molecule has 1 heterocycles. The predicted molar refractivity (Wildman–Crippen MR) is 81.7 cm³/mol. The second-order valence-corrected chi connectivity index (χ2v) is 7.09. The molecule has 3 rings (SSSR count). The molecule has 118 valence electrons. The summed E-state index contributed by atoms with van der Waals surface area (Å²) in [6.45, 7) is 2.26. The Morgan fingerprint density at radius 1 is 1.05 bits per heavy atom. The molecule has 0 bridgehead atoms. The Bertz CT molecular complexity index is 396. The molecule has 1 atom stereocenters. The van der Waals surface area contributed by atoms with Crippen LogP contribution in [0.1, 0.15) is 71.1 Å². The van der Waals surface area contributed by atoms with E-state index in [1.807, 2.05) is 0 Å². The fourth-order valence-electron chi connectivity index (χ4n) is 4.35. The van der Waals surface area contributed by atoms with Gasteiger partial charge in [0.15, 0.2) is 0 Å². The lowest BCUT2D eigenvalue weighted by atomic mass is 9.84. The molecule has 0 aromatic heterocycles. The van der Waals surface area contributed by atoms with Crippen LogP contribution in [-0.2, 0) is 9.59 Å². The first kappa shape index (κ1) is 15.0. The van der Waals surface area contributed by atoms with E-state index in [2.05, 4.69) is 12.2 Å². The second kappa shape index (κ2) is 6.47. The van der Waals surface area contributed by atoms with Crippen molar-refractivity contribution in [3.05, 3.63) is 0 Å². The summed E-state index contributed by atoms with van der Waals surface area (Å²) in [5, 5.41) is 3.48. The molecule has 1 saturated heterocycles. The third-order valence-electron chi connectivity index (χ3n) is 5.73. The van der Waals surface area contributed by atoms with Crippen LogP contribution in [0.3, 0.4) is 0 Å². The number of rotatable bonds is 4. The lowest BCUT2D eigenvalue weighted by Gasteiger charge is -2.30. The standard InChI is InChI=1S/C17H28N2O2/c1-2-12-7-9-13(10-8-12)18-15-11-16(20)19(17(15)21)14-5-3-4-6-14/h12-15,18H,2-11H2,1H3. The Morgan fingerprint density at radius 3 is 2.33 bits per heavy atom. The van der Waals surface area contributed by atoms with Crippen molar-refractivity contribution >= 4 is 11.8 Å². The highest BCUT2D eigenvalue weighted by atomic mass is 16.2. The molecule has 0 spiro atoms. The number of hydrogen-bond acceptors (Lipinski definition) is 3. The maximum absolute atomic E-state index is 12.5. The zero-order valence-electron chi connectivity index (χ0n) is 13.1. The molecule has 2 amide bonds. The van der Waals surface area contributed by atoms with Crippen molar-refractivity contribution < 1.29 is 9.59 Å². The predicted octanol–water partition coefficient (Wildman–Crippen LogP) is 2.61. The van der Waals surface area contributed by atoms with Crippen LogP contribution < -0.4 is 5.32 Å². The van der Waals surface area contributed by atoms with Crippen molar-refractivity contribution in [1.29, 1.82) is 0 Å². The fraction of sp³-hybridized carbons (Fsp3) is 0.882. The molecule has 1 aliphatic heterocycles. The molecule has 3 aliphatic rings. The molecule has 2 saturated carbocycles. The minimum absolute atomic E-state index is 0.0458. The van der Waals surface area contributed by atoms with Crippen molar-refractivity contribution in [3.63, 3.8) is 0 Å². The van der Waals surface area contributed by atoms with Crippen molar-refractivity contribution in [1.82, 2.24) is 10.2 Å². The SMILES string of the molecule is CCC1CCC(NC2CC(=O)N(C3CCCC3)C2=O)CC1. The Kier molecular flexibility index (Phi) is 4.63. The van der Waals surface area contributed by atoms with Gasteiger partial charge in [-0.25, -0.2) is 0 Å². The molecule has 1 unspecified atom stereocenters. The first-order valence-electron chi connectivity index (χ1n) is 8.81. The normalized spacial score (nSPS) is 34.9. The molecular weight excluding hydrogens is 264 g/mol. The van der Waals surface area contributed by atoms with Gasteiger partial charge in [-0.15, -0.1) is 0 Å². The maximum atomic E-state index is 12.5. The number of nitrogens with zero attached hydrogens (tertiary/aromatic N) is 1. The number of carbonyl (C=O) groups is 2. The fourth-order valence-corrected chi connectivity index (χ4v) is 4.35. The molecule has 3 fully saturated rings. The highest BCUT2D eigenvalue weighted by molar-refractivity contribution is 6.05. The van der Waals surface area contributed by atoms with Gasteiger partial charge in [0.25, 0.3) is 0 Å². The summed E-state index contributed by atoms with van der Waals surface area (Å²) in [7, 11) is 0. The number of carbonyl (C=O) groups excluding carboxylic acids is 2. The van der Waals surface area contributed by atoms with E-state index in [1.165, 1.54) is 19.3 Å². The van der Waals surface area contributed by atoms with Gasteiger partial charge in [-0.2, -0.15) is 0 Å². The monoisotopic (exact) mass is 292 g/mol. The van der Waals surface area contributed by atoms with Crippen LogP contribution in [0.25, 0.3) is 0 Å². The highest BCUT2D eigenvalue weighted by Gasteiger charge is 2.43. The van der Waals surface area contributed by atoms with Crippen LogP contribution in [0.4, 0.5) is 0 Å². The average molecular weight is 292 g/mol. The van der Waals surface area contributed by atoms with E-state index < -0.39 is 0 Å². The third-order valence-corrected chi connectivity index (χ3v) is 5.73. The highest BCUT2D eigenvalue weighted by Crippen LogP contribution is 2.30. The Hall–Kier alpha value is -0.900. The summed E-state index contributed by atoms with van der Waals surface area (Å²) in [5.74, 6) is 0.954. The molecule has 21 heavy (non-hydrogen) atoms. The number of imide groups is 1. The van der Waals surface area contributed by atoms with Gasteiger partial charge in [0.05, 0.1) is 12.5 Å². The van der Waals surface area contributed by atoms with Crippen molar-refractivity contribution in [2.45, 2.75) is 89.3 Å². The number of nitrogens with one attached hydrogen (secondary N) is 1. The van der Waals surface area contributed by atoms with Crippen LogP contribution in [0.15, 0.2) is 0 Å². The first-order valence-corrected chi connectivity index (χ1v) is 8.81. The van der Waals surface area contributed by atoms with Gasteiger partial charge in [-0.3, -0.25) is 14.5 Å². The van der Waals surface area contributed by atoms with Gasteiger partial charge in [-0.05, 0) is 44.4 Å². The van der Waals surface area contributed by atoms with Crippen LogP contribution in [0.2, 0.25) is 0 Å². The van der Waals surface area contributed by atoms with Crippen molar-refractivity contribution in [2.75, 3.05) is 0 Å². The summed E-state index contributed by atoms with van der Waals surface area (Å²) in [6, 6.07) is 0.368. The lowest BCUT2D eigenvalue weighted by molar-refractivity contribution is -0.141. The van der Waals surface area contributed by atoms with E-state index in [4.69, 9.17) is 0 Å². The van der Waals surface area contributed by atoms with Gasteiger partial charge in [0, 0.05) is 12.1 Å². The number of amides is 2. The van der Waals surface area contributed by atoms with E-state index in [-0.39, 0.29) is 23.9 Å². The van der Waals surface area contributed by atoms with E-state index in [0.29, 0.717) is 12.5 Å². The summed E-state index contributed by atoms with van der Waals surface area (Å²) in [4.78, 5) is 26.3. The largest absolute Gasteiger partial charge is 0.303 e. The van der Waals surface area contributed by atoms with E-state index in [0.717, 1.165) is 44.4 Å². The number of hydrogen-bond donors (Lipinski definition) is 1. The van der Waals surface area contributed by atoms with Crippen LogP contribution in [0.5, 0.6) is 0 Å². The van der Waals surface area contributed by atoms with Gasteiger partial charge in [0.2, 0.25) is 11.8 Å². The Labute approximate surface area is 127 Å². The second-order valence-electron chi connectivity index (χ2n) is 7.09.